The van der Waals surface area contributed by atoms with E-state index in [1.165, 1.54) is 22.8 Å². The highest BCUT2D eigenvalue weighted by molar-refractivity contribution is 6.08. The lowest BCUT2D eigenvalue weighted by Crippen LogP contribution is -2.45. The lowest BCUT2D eigenvalue weighted by Gasteiger charge is -2.12. The first kappa shape index (κ1) is 32.7. The van der Waals surface area contributed by atoms with Gasteiger partial charge in [0.25, 0.3) is 11.5 Å². The summed E-state index contributed by atoms with van der Waals surface area (Å²) in [7, 11) is 3.94. The van der Waals surface area contributed by atoms with Gasteiger partial charge in [-0.25, -0.2) is 14.6 Å². The number of carboxylic acid groups (broad SMARTS) is 1. The predicted molar refractivity (Wildman–Crippen MR) is 176 cm³/mol. The molecule has 0 saturated heterocycles. The van der Waals surface area contributed by atoms with E-state index in [0.717, 1.165) is 16.3 Å². The van der Waals surface area contributed by atoms with Gasteiger partial charge in [0, 0.05) is 25.0 Å². The number of amides is 1. The Morgan fingerprint density at radius 1 is 0.872 bits per heavy atom. The summed E-state index contributed by atoms with van der Waals surface area (Å²) >= 11 is 0. The molecule has 2 heterocycles. The molecule has 240 valence electrons. The number of carbonyl (C=O) groups excluding carboxylic acids is 1. The minimum Gasteiger partial charge on any atom is -0.478 e. The highest BCUT2D eigenvalue weighted by atomic mass is 17.1. The number of fused-ring (bicyclic) bond motifs is 1. The summed E-state index contributed by atoms with van der Waals surface area (Å²) in [6.45, 7) is 1.27. The van der Waals surface area contributed by atoms with Gasteiger partial charge in [0.1, 0.15) is 13.2 Å². The standard InChI is InChI=1S/C35H32N4O8/c1-22-30(8-6-4-5-7-23-9-13-27(14-10-23)37(2)3)33(40)38(29-18-25(21-47-45)17-26(19-29)35(42)43)32-31(22)34(41)39(36-32)28-15-11-24(12-16-28)20-46-44/h4-19,44-45H,20-21H2,1-3H3,(H,42,43)/b6-4+,7-5+,30-8+. The van der Waals surface area contributed by atoms with Crippen LogP contribution in [-0.4, -0.2) is 46.2 Å². The third kappa shape index (κ3) is 6.95. The zero-order chi connectivity index (χ0) is 33.7. The number of pyridine rings is 1. The van der Waals surface area contributed by atoms with E-state index in [-0.39, 0.29) is 46.3 Å². The molecule has 1 aliphatic rings. The van der Waals surface area contributed by atoms with Crippen molar-refractivity contribution in [2.24, 2.45) is 5.10 Å². The molecule has 1 amide bonds. The Morgan fingerprint density at radius 2 is 1.55 bits per heavy atom. The molecule has 0 bridgehead atoms. The molecule has 3 aromatic carbocycles. The van der Waals surface area contributed by atoms with Crippen LogP contribution in [0.4, 0.5) is 11.4 Å². The van der Waals surface area contributed by atoms with Crippen LogP contribution < -0.4 is 26.2 Å². The van der Waals surface area contributed by atoms with E-state index in [1.807, 2.05) is 55.4 Å². The monoisotopic (exact) mass is 636 g/mol. The fraction of sp³-hybridized carbons (Fsp3) is 0.143. The van der Waals surface area contributed by atoms with Gasteiger partial charge in [0.05, 0.1) is 22.5 Å². The van der Waals surface area contributed by atoms with Crippen molar-refractivity contribution in [1.29, 1.82) is 0 Å². The number of hydrogen-bond donors (Lipinski definition) is 3. The Bertz CT molecular complexity index is 2070. The smallest absolute Gasteiger partial charge is 0.335 e. The molecule has 0 aliphatic carbocycles. The molecule has 47 heavy (non-hydrogen) atoms. The maximum Gasteiger partial charge on any atom is 0.335 e. The summed E-state index contributed by atoms with van der Waals surface area (Å²) in [6, 6.07) is 18.6. The molecule has 0 saturated carbocycles. The lowest BCUT2D eigenvalue weighted by molar-refractivity contribution is -0.253. The van der Waals surface area contributed by atoms with Crippen LogP contribution >= 0.6 is 0 Å². The maximum absolute atomic E-state index is 14.2. The van der Waals surface area contributed by atoms with E-state index < -0.39 is 17.4 Å². The third-order valence-corrected chi connectivity index (χ3v) is 7.56. The normalized spacial score (nSPS) is 13.1. The van der Waals surface area contributed by atoms with E-state index in [1.54, 1.807) is 49.4 Å². The lowest BCUT2D eigenvalue weighted by atomic mass is 10.1. The molecular formula is C35H32N4O8. The van der Waals surface area contributed by atoms with Gasteiger partial charge in [0.2, 0.25) is 0 Å². The van der Waals surface area contributed by atoms with Gasteiger partial charge in [-0.2, -0.15) is 5.01 Å². The highest BCUT2D eigenvalue weighted by Crippen LogP contribution is 2.22. The Hall–Kier alpha value is -5.66. The second-order valence-corrected chi connectivity index (χ2v) is 10.9. The number of benzene rings is 3. The number of carboxylic acids is 1. The van der Waals surface area contributed by atoms with Crippen LogP contribution in [-0.2, 0) is 23.0 Å². The van der Waals surface area contributed by atoms with Crippen molar-refractivity contribution in [1.82, 2.24) is 4.57 Å². The molecular weight excluding hydrogens is 604 g/mol. The summed E-state index contributed by atoms with van der Waals surface area (Å²) in [5.74, 6) is -1.76. The number of carbonyl (C=O) groups is 2. The summed E-state index contributed by atoms with van der Waals surface area (Å²) in [6.07, 6.45) is 8.77. The Kier molecular flexibility index (Phi) is 9.88. The maximum atomic E-state index is 14.2. The van der Waals surface area contributed by atoms with E-state index in [9.17, 15) is 19.5 Å². The molecule has 1 aromatic heterocycles. The molecule has 0 unspecified atom stereocenters. The number of aromatic carboxylic acids is 1. The molecule has 12 nitrogen and oxygen atoms in total. The first-order chi connectivity index (χ1) is 22.6. The summed E-state index contributed by atoms with van der Waals surface area (Å²) in [5.41, 5.74) is 3.37. The Labute approximate surface area is 269 Å². The zero-order valence-electron chi connectivity index (χ0n) is 25.8. The van der Waals surface area contributed by atoms with Crippen LogP contribution in [0.1, 0.15) is 43.0 Å². The molecule has 12 heteroatoms. The summed E-state index contributed by atoms with van der Waals surface area (Å²) in [4.78, 5) is 50.4. The van der Waals surface area contributed by atoms with Crippen molar-refractivity contribution in [3.63, 3.8) is 0 Å². The predicted octanol–water partition coefficient (Wildman–Crippen LogP) is 4.13. The molecule has 1 aliphatic heterocycles. The Morgan fingerprint density at radius 3 is 2.19 bits per heavy atom. The van der Waals surface area contributed by atoms with Crippen LogP contribution in [0.3, 0.4) is 0 Å². The summed E-state index contributed by atoms with van der Waals surface area (Å²) < 4.78 is 1.18. The van der Waals surface area contributed by atoms with Gasteiger partial charge < -0.3 is 10.0 Å². The van der Waals surface area contributed by atoms with E-state index in [2.05, 4.69) is 14.9 Å². The van der Waals surface area contributed by atoms with Gasteiger partial charge >= 0.3 is 5.97 Å². The van der Waals surface area contributed by atoms with Crippen molar-refractivity contribution in [2.45, 2.75) is 20.1 Å². The second-order valence-electron chi connectivity index (χ2n) is 10.9. The second kappa shape index (κ2) is 14.2. The molecule has 0 radical (unpaired) electrons. The Balaban J connectivity index is 1.65. The summed E-state index contributed by atoms with van der Waals surface area (Å²) in [5, 5.41) is 33.5. The van der Waals surface area contributed by atoms with Crippen molar-refractivity contribution in [2.75, 3.05) is 24.0 Å². The van der Waals surface area contributed by atoms with Crippen molar-refractivity contribution < 1.29 is 35.0 Å². The van der Waals surface area contributed by atoms with Crippen molar-refractivity contribution >= 4 is 35.4 Å². The number of nitrogens with zero attached hydrogens (tertiary/aromatic N) is 4. The number of hydrogen-bond acceptors (Lipinski definition) is 9. The van der Waals surface area contributed by atoms with Gasteiger partial charge in [-0.15, -0.1) is 5.10 Å². The van der Waals surface area contributed by atoms with Crippen LogP contribution in [0.2, 0.25) is 0 Å². The number of anilines is 2. The first-order valence-corrected chi connectivity index (χ1v) is 14.4. The molecule has 3 N–H and O–H groups in total. The molecule has 0 spiro atoms. The molecule has 4 aromatic rings. The molecule has 0 fully saturated rings. The van der Waals surface area contributed by atoms with E-state index >= 15 is 0 Å². The average molecular weight is 637 g/mol. The zero-order valence-corrected chi connectivity index (χ0v) is 25.8. The van der Waals surface area contributed by atoms with Crippen LogP contribution in [0.25, 0.3) is 17.8 Å². The highest BCUT2D eigenvalue weighted by Gasteiger charge is 2.31. The van der Waals surface area contributed by atoms with Crippen molar-refractivity contribution in [3.8, 4) is 5.69 Å². The van der Waals surface area contributed by atoms with Gasteiger partial charge in [-0.05, 0) is 77.7 Å². The quantitative estimate of drug-likeness (QED) is 0.125. The minimum atomic E-state index is -1.26. The van der Waals surface area contributed by atoms with Gasteiger partial charge in [-0.1, -0.05) is 48.6 Å². The topological polar surface area (TPSA) is 154 Å². The van der Waals surface area contributed by atoms with E-state index in [0.29, 0.717) is 16.8 Å². The number of aromatic nitrogens is 1. The van der Waals surface area contributed by atoms with Crippen molar-refractivity contribution in [3.05, 3.63) is 139 Å². The first-order valence-electron chi connectivity index (χ1n) is 14.4. The van der Waals surface area contributed by atoms with Crippen LogP contribution in [0, 0.1) is 6.92 Å². The fourth-order valence-corrected chi connectivity index (χ4v) is 5.16. The molecule has 0 atom stereocenters. The number of allylic oxidation sites excluding steroid dienone is 3. The fourth-order valence-electron chi connectivity index (χ4n) is 5.16. The van der Waals surface area contributed by atoms with E-state index in [4.69, 9.17) is 10.5 Å². The van der Waals surface area contributed by atoms with Crippen LogP contribution in [0.5, 0.6) is 0 Å². The average Bonchev–Trinajstić information content (AvgIpc) is 3.39. The largest absolute Gasteiger partial charge is 0.478 e. The minimum absolute atomic E-state index is 0.0147. The SMILES string of the molecule is Cc1c2c(n(-c3cc(COO)cc(C(=O)O)c3)c(=O)/c1=C/C=C/C=C/c1ccc(N(C)C)cc1)=NN(c1ccc(COO)cc1)C2=O. The molecule has 5 rings (SSSR count). The van der Waals surface area contributed by atoms with Crippen LogP contribution in [0.15, 0.2) is 94.9 Å². The number of rotatable bonds is 11. The third-order valence-electron chi connectivity index (χ3n) is 7.56. The van der Waals surface area contributed by atoms with Gasteiger partial charge in [-0.3, -0.25) is 24.7 Å². The van der Waals surface area contributed by atoms with Gasteiger partial charge in [0.15, 0.2) is 5.49 Å².